The smallest absolute Gasteiger partial charge is 0.274 e. The van der Waals surface area contributed by atoms with Crippen LogP contribution >= 0.6 is 11.6 Å². The third kappa shape index (κ3) is 3.83. The average molecular weight is 449 g/mol. The molecule has 0 saturated carbocycles. The van der Waals surface area contributed by atoms with Gasteiger partial charge < -0.3 is 19.3 Å². The van der Waals surface area contributed by atoms with E-state index in [0.717, 1.165) is 11.4 Å². The number of halogens is 1. The number of benzene rings is 2. The molecule has 8 heteroatoms. The van der Waals surface area contributed by atoms with E-state index in [-0.39, 0.29) is 11.7 Å². The van der Waals surface area contributed by atoms with Crippen LogP contribution in [0, 0.1) is 0 Å². The molecule has 2 aromatic heterocycles. The monoisotopic (exact) mass is 448 g/mol. The van der Waals surface area contributed by atoms with Crippen LogP contribution in [0.4, 0.5) is 5.69 Å². The third-order valence-corrected chi connectivity index (χ3v) is 5.81. The molecule has 0 aliphatic carbocycles. The lowest BCUT2D eigenvalue weighted by atomic mass is 10.2. The van der Waals surface area contributed by atoms with Crippen LogP contribution < -0.4 is 4.90 Å². The maximum absolute atomic E-state index is 13.3. The number of hydrogen-bond acceptors (Lipinski definition) is 5. The molecule has 0 spiro atoms. The highest BCUT2D eigenvalue weighted by Crippen LogP contribution is 2.28. The zero-order valence-electron chi connectivity index (χ0n) is 17.2. The van der Waals surface area contributed by atoms with Crippen molar-refractivity contribution in [1.82, 2.24) is 14.7 Å². The molecule has 1 fully saturated rings. The second-order valence-corrected chi connectivity index (χ2v) is 7.98. The fourth-order valence-electron chi connectivity index (χ4n) is 3.91. The topological polar surface area (TPSA) is 74.7 Å². The van der Waals surface area contributed by atoms with E-state index >= 15 is 0 Å². The predicted molar refractivity (Wildman–Crippen MR) is 122 cm³/mol. The number of phenolic OH excluding ortho intramolecular Hbond substituents is 1. The van der Waals surface area contributed by atoms with Crippen molar-refractivity contribution in [2.24, 2.45) is 0 Å². The maximum Gasteiger partial charge on any atom is 0.274 e. The molecule has 32 heavy (non-hydrogen) atoms. The average Bonchev–Trinajstić information content (AvgIpc) is 3.50. The van der Waals surface area contributed by atoms with E-state index in [4.69, 9.17) is 16.0 Å². The number of piperazine rings is 1. The summed E-state index contributed by atoms with van der Waals surface area (Å²) in [6.07, 6.45) is 1.59. The molecule has 2 aromatic carbocycles. The number of amides is 1. The summed E-state index contributed by atoms with van der Waals surface area (Å²) in [6, 6.07) is 19.9. The first-order chi connectivity index (χ1) is 15.6. The summed E-state index contributed by atoms with van der Waals surface area (Å²) in [5.74, 6) is 0.732. The Hall–Kier alpha value is -3.71. The molecule has 0 unspecified atom stereocenters. The molecule has 1 saturated heterocycles. The SMILES string of the molecule is O=C(c1cc(-c2ccco2)n(-c2ccc(Cl)cc2)n1)N1CCN(c2ccccc2O)CC1. The summed E-state index contributed by atoms with van der Waals surface area (Å²) in [4.78, 5) is 17.1. The Kier molecular flexibility index (Phi) is 5.33. The van der Waals surface area contributed by atoms with Gasteiger partial charge in [-0.1, -0.05) is 23.7 Å². The van der Waals surface area contributed by atoms with Gasteiger partial charge in [-0.15, -0.1) is 0 Å². The first kappa shape index (κ1) is 20.2. The van der Waals surface area contributed by atoms with Crippen molar-refractivity contribution in [2.45, 2.75) is 0 Å². The Bertz CT molecular complexity index is 1230. The van der Waals surface area contributed by atoms with Crippen LogP contribution in [0.5, 0.6) is 5.75 Å². The Labute approximate surface area is 190 Å². The Morgan fingerprint density at radius 3 is 2.41 bits per heavy atom. The Morgan fingerprint density at radius 1 is 0.969 bits per heavy atom. The van der Waals surface area contributed by atoms with Crippen molar-refractivity contribution in [1.29, 1.82) is 0 Å². The van der Waals surface area contributed by atoms with Gasteiger partial charge in [-0.05, 0) is 48.5 Å². The van der Waals surface area contributed by atoms with E-state index in [2.05, 4.69) is 10.00 Å². The fourth-order valence-corrected chi connectivity index (χ4v) is 4.03. The van der Waals surface area contributed by atoms with E-state index in [1.165, 1.54) is 0 Å². The first-order valence-electron chi connectivity index (χ1n) is 10.3. The van der Waals surface area contributed by atoms with Crippen LogP contribution in [0.3, 0.4) is 0 Å². The van der Waals surface area contributed by atoms with Crippen molar-refractivity contribution in [3.63, 3.8) is 0 Å². The van der Waals surface area contributed by atoms with Gasteiger partial charge in [-0.3, -0.25) is 4.79 Å². The van der Waals surface area contributed by atoms with Crippen LogP contribution in [0.2, 0.25) is 5.02 Å². The van der Waals surface area contributed by atoms with Crippen molar-refractivity contribution in [2.75, 3.05) is 31.1 Å². The molecule has 1 amide bonds. The number of nitrogens with zero attached hydrogens (tertiary/aromatic N) is 4. The minimum atomic E-state index is -0.137. The van der Waals surface area contributed by atoms with Crippen LogP contribution in [0.15, 0.2) is 77.4 Å². The number of carbonyl (C=O) groups is 1. The molecular weight excluding hydrogens is 428 g/mol. The van der Waals surface area contributed by atoms with E-state index < -0.39 is 0 Å². The maximum atomic E-state index is 13.3. The number of carbonyl (C=O) groups excluding carboxylic acids is 1. The number of aromatic nitrogens is 2. The zero-order chi connectivity index (χ0) is 22.1. The van der Waals surface area contributed by atoms with Crippen LogP contribution in [-0.4, -0.2) is 51.9 Å². The molecule has 0 bridgehead atoms. The van der Waals surface area contributed by atoms with Gasteiger partial charge >= 0.3 is 0 Å². The minimum absolute atomic E-state index is 0.137. The fraction of sp³-hybridized carbons (Fsp3) is 0.167. The highest BCUT2D eigenvalue weighted by Gasteiger charge is 2.26. The molecule has 1 aliphatic rings. The second kappa shape index (κ2) is 8.43. The lowest BCUT2D eigenvalue weighted by Crippen LogP contribution is -2.48. The van der Waals surface area contributed by atoms with E-state index in [9.17, 15) is 9.90 Å². The summed E-state index contributed by atoms with van der Waals surface area (Å²) < 4.78 is 7.27. The van der Waals surface area contributed by atoms with Crippen LogP contribution in [0.1, 0.15) is 10.5 Å². The molecule has 0 radical (unpaired) electrons. The Morgan fingerprint density at radius 2 is 1.72 bits per heavy atom. The van der Waals surface area contributed by atoms with E-state index in [0.29, 0.717) is 48.3 Å². The molecule has 0 atom stereocenters. The quantitative estimate of drug-likeness (QED) is 0.499. The molecular formula is C24H21ClN4O3. The van der Waals surface area contributed by atoms with Crippen LogP contribution in [0.25, 0.3) is 17.1 Å². The number of para-hydroxylation sites is 2. The largest absolute Gasteiger partial charge is 0.506 e. The standard InChI is InChI=1S/C24H21ClN4O3/c25-17-7-9-18(10-8-17)29-21(23-6-3-15-32-23)16-19(26-29)24(31)28-13-11-27(12-14-28)20-4-1-2-5-22(20)30/h1-10,15-16,30H,11-14H2. The molecule has 1 N–H and O–H groups in total. The zero-order valence-corrected chi connectivity index (χ0v) is 17.9. The van der Waals surface area contributed by atoms with Crippen molar-refractivity contribution >= 4 is 23.2 Å². The minimum Gasteiger partial charge on any atom is -0.506 e. The molecule has 4 aromatic rings. The highest BCUT2D eigenvalue weighted by molar-refractivity contribution is 6.30. The number of phenols is 1. The van der Waals surface area contributed by atoms with Crippen molar-refractivity contribution < 1.29 is 14.3 Å². The van der Waals surface area contributed by atoms with Gasteiger partial charge in [0.1, 0.15) is 11.4 Å². The summed E-state index contributed by atoms with van der Waals surface area (Å²) in [5, 5.41) is 15.3. The van der Waals surface area contributed by atoms with Crippen LogP contribution in [-0.2, 0) is 0 Å². The summed E-state index contributed by atoms with van der Waals surface area (Å²) in [7, 11) is 0. The third-order valence-electron chi connectivity index (χ3n) is 5.56. The normalized spacial score (nSPS) is 14.0. The number of rotatable bonds is 4. The predicted octanol–water partition coefficient (Wildman–Crippen LogP) is 4.45. The van der Waals surface area contributed by atoms with Gasteiger partial charge in [0.05, 0.1) is 17.6 Å². The number of furan rings is 1. The molecule has 162 valence electrons. The van der Waals surface area contributed by atoms with Gasteiger partial charge in [0.15, 0.2) is 11.5 Å². The molecule has 7 nitrogen and oxygen atoms in total. The lowest BCUT2D eigenvalue weighted by molar-refractivity contribution is 0.0740. The summed E-state index contributed by atoms with van der Waals surface area (Å²) in [5.41, 5.74) is 2.60. The molecule has 1 aliphatic heterocycles. The lowest BCUT2D eigenvalue weighted by Gasteiger charge is -2.36. The number of aromatic hydroxyl groups is 1. The van der Waals surface area contributed by atoms with Crippen molar-refractivity contribution in [3.05, 3.63) is 83.7 Å². The number of anilines is 1. The van der Waals surface area contributed by atoms with Crippen molar-refractivity contribution in [3.8, 4) is 22.9 Å². The number of hydrogen-bond donors (Lipinski definition) is 1. The van der Waals surface area contributed by atoms with E-state index in [1.807, 2.05) is 30.3 Å². The van der Waals surface area contributed by atoms with Gasteiger partial charge in [0.25, 0.3) is 5.91 Å². The molecule has 5 rings (SSSR count). The molecule has 3 heterocycles. The van der Waals surface area contributed by atoms with Gasteiger partial charge in [-0.25, -0.2) is 4.68 Å². The Balaban J connectivity index is 1.39. The summed E-state index contributed by atoms with van der Waals surface area (Å²) >= 11 is 6.03. The highest BCUT2D eigenvalue weighted by atomic mass is 35.5. The van der Waals surface area contributed by atoms with E-state index in [1.54, 1.807) is 52.2 Å². The summed E-state index contributed by atoms with van der Waals surface area (Å²) in [6.45, 7) is 2.34. The second-order valence-electron chi connectivity index (χ2n) is 7.55. The first-order valence-corrected chi connectivity index (χ1v) is 10.7. The van der Waals surface area contributed by atoms with Gasteiger partial charge in [0, 0.05) is 37.3 Å². The van der Waals surface area contributed by atoms with Gasteiger partial charge in [-0.2, -0.15) is 5.10 Å². The van der Waals surface area contributed by atoms with Gasteiger partial charge in [0.2, 0.25) is 0 Å².